The molecule has 1 saturated carbocycles. The van der Waals surface area contributed by atoms with Crippen LogP contribution >= 0.6 is 11.3 Å². The Bertz CT molecular complexity index is 1230. The van der Waals surface area contributed by atoms with Crippen LogP contribution in [0.15, 0.2) is 41.8 Å². The molecule has 0 radical (unpaired) electrons. The van der Waals surface area contributed by atoms with Gasteiger partial charge in [0.1, 0.15) is 0 Å². The molecular formula is C28H30N2O3S. The molecule has 1 atom stereocenters. The fourth-order valence-electron chi connectivity index (χ4n) is 5.11. The van der Waals surface area contributed by atoms with E-state index in [1.807, 2.05) is 30.3 Å². The zero-order chi connectivity index (χ0) is 23.5. The molecule has 5 rings (SSSR count). The molecule has 1 unspecified atom stereocenters. The summed E-state index contributed by atoms with van der Waals surface area (Å²) in [5.41, 5.74) is 4.23. The van der Waals surface area contributed by atoms with E-state index in [0.29, 0.717) is 18.0 Å². The van der Waals surface area contributed by atoms with Crippen LogP contribution in [0.5, 0.6) is 0 Å². The Morgan fingerprint density at radius 2 is 1.97 bits per heavy atom. The number of rotatable bonds is 6. The van der Waals surface area contributed by atoms with Crippen LogP contribution < -0.4 is 5.32 Å². The number of ether oxygens (including phenoxy) is 1. The Hall–Kier alpha value is -2.99. The predicted octanol–water partition coefficient (Wildman–Crippen LogP) is 6.02. The molecule has 2 aromatic heterocycles. The average Bonchev–Trinajstić information content (AvgIpc) is 3.52. The number of para-hydroxylation sites is 1. The highest BCUT2D eigenvalue weighted by Gasteiger charge is 2.29. The van der Waals surface area contributed by atoms with Crippen LogP contribution in [0.2, 0.25) is 0 Å². The van der Waals surface area contributed by atoms with Crippen molar-refractivity contribution in [3.63, 3.8) is 0 Å². The van der Waals surface area contributed by atoms with Crippen LogP contribution in [0.25, 0.3) is 22.6 Å². The van der Waals surface area contributed by atoms with E-state index >= 15 is 0 Å². The first-order chi connectivity index (χ1) is 16.6. The van der Waals surface area contributed by atoms with Crippen molar-refractivity contribution in [2.24, 2.45) is 5.92 Å². The molecule has 5 nitrogen and oxygen atoms in total. The zero-order valence-corrected chi connectivity index (χ0v) is 20.3. The van der Waals surface area contributed by atoms with Gasteiger partial charge in [0.15, 0.2) is 6.10 Å². The Balaban J connectivity index is 1.38. The number of esters is 1. The first kappa shape index (κ1) is 22.8. The molecule has 1 fully saturated rings. The number of nitrogens with zero attached hydrogens (tertiary/aromatic N) is 1. The molecule has 0 saturated heterocycles. The second-order valence-electron chi connectivity index (χ2n) is 9.31. The second-order valence-corrected chi connectivity index (χ2v) is 10.3. The van der Waals surface area contributed by atoms with E-state index in [4.69, 9.17) is 9.72 Å². The summed E-state index contributed by atoms with van der Waals surface area (Å²) < 4.78 is 5.72. The lowest BCUT2D eigenvalue weighted by molar-refractivity contribution is -0.129. The van der Waals surface area contributed by atoms with Crippen LogP contribution in [-0.4, -0.2) is 29.5 Å². The predicted molar refractivity (Wildman–Crippen MR) is 137 cm³/mol. The highest BCUT2D eigenvalue weighted by atomic mass is 32.1. The van der Waals surface area contributed by atoms with Crippen molar-refractivity contribution in [3.05, 3.63) is 63.5 Å². The van der Waals surface area contributed by atoms with E-state index in [-0.39, 0.29) is 5.91 Å². The van der Waals surface area contributed by atoms with Gasteiger partial charge in [-0.2, -0.15) is 0 Å². The molecule has 3 aromatic rings. The van der Waals surface area contributed by atoms with Gasteiger partial charge in [0.05, 0.1) is 16.8 Å². The van der Waals surface area contributed by atoms with E-state index in [2.05, 4.69) is 22.8 Å². The Morgan fingerprint density at radius 1 is 1.15 bits per heavy atom. The molecule has 176 valence electrons. The summed E-state index contributed by atoms with van der Waals surface area (Å²) in [6, 6.07) is 11.8. The number of amides is 1. The van der Waals surface area contributed by atoms with Gasteiger partial charge in [-0.05, 0) is 73.3 Å². The number of thiophene rings is 1. The van der Waals surface area contributed by atoms with Crippen molar-refractivity contribution >= 4 is 45.8 Å². The van der Waals surface area contributed by atoms with Gasteiger partial charge in [0.2, 0.25) is 0 Å². The van der Waals surface area contributed by atoms with Gasteiger partial charge >= 0.3 is 5.97 Å². The van der Waals surface area contributed by atoms with Gasteiger partial charge in [0, 0.05) is 16.8 Å². The third kappa shape index (κ3) is 4.78. The molecule has 0 bridgehead atoms. The highest BCUT2D eigenvalue weighted by Crippen LogP contribution is 2.38. The van der Waals surface area contributed by atoms with Crippen molar-refractivity contribution in [1.82, 2.24) is 10.3 Å². The topological polar surface area (TPSA) is 68.3 Å². The number of benzene rings is 1. The van der Waals surface area contributed by atoms with Gasteiger partial charge in [-0.15, -0.1) is 11.3 Å². The number of carbonyl (C=O) groups is 2. The minimum Gasteiger partial charge on any atom is -0.449 e. The number of pyridine rings is 1. The first-order valence-electron chi connectivity index (χ1n) is 12.2. The van der Waals surface area contributed by atoms with Crippen LogP contribution in [0.3, 0.4) is 0 Å². The molecule has 2 aliphatic rings. The van der Waals surface area contributed by atoms with Gasteiger partial charge in [0.25, 0.3) is 5.91 Å². The highest BCUT2D eigenvalue weighted by molar-refractivity contribution is 7.10. The lowest BCUT2D eigenvalue weighted by Gasteiger charge is -2.23. The molecule has 2 aliphatic carbocycles. The molecule has 1 amide bonds. The smallest absolute Gasteiger partial charge is 0.339 e. The molecule has 2 heterocycles. The second kappa shape index (κ2) is 10.1. The van der Waals surface area contributed by atoms with E-state index in [9.17, 15) is 9.59 Å². The van der Waals surface area contributed by atoms with Crippen molar-refractivity contribution in [3.8, 4) is 0 Å². The van der Waals surface area contributed by atoms with Gasteiger partial charge < -0.3 is 10.1 Å². The van der Waals surface area contributed by atoms with Gasteiger partial charge in [-0.3, -0.25) is 4.79 Å². The van der Waals surface area contributed by atoms with Crippen molar-refractivity contribution in [2.75, 3.05) is 6.54 Å². The molecule has 1 N–H and O–H groups in total. The van der Waals surface area contributed by atoms with Crippen LogP contribution in [-0.2, 0) is 16.0 Å². The molecule has 0 spiro atoms. The molecule has 1 aromatic carbocycles. The molecule has 34 heavy (non-hydrogen) atoms. The lowest BCUT2D eigenvalue weighted by Crippen LogP contribution is -2.38. The maximum atomic E-state index is 13.4. The third-order valence-corrected chi connectivity index (χ3v) is 7.77. The summed E-state index contributed by atoms with van der Waals surface area (Å²) in [6.07, 6.45) is 8.94. The summed E-state index contributed by atoms with van der Waals surface area (Å²) in [7, 11) is 0. The number of carbonyl (C=O) groups excluding carboxylic acids is 2. The SMILES string of the molecule is CC(OC(=O)c1c2c(nc3ccccc13)/C(=C\c1cccs1)CC2)C(=O)NCC1CCCCC1. The first-order valence-corrected chi connectivity index (χ1v) is 13.1. The van der Waals surface area contributed by atoms with Crippen LogP contribution in [0.1, 0.15) is 71.9 Å². The summed E-state index contributed by atoms with van der Waals surface area (Å²) in [6.45, 7) is 2.31. The largest absolute Gasteiger partial charge is 0.449 e. The summed E-state index contributed by atoms with van der Waals surface area (Å²) in [5, 5.41) is 5.83. The van der Waals surface area contributed by atoms with Crippen molar-refractivity contribution < 1.29 is 14.3 Å². The Labute approximate surface area is 204 Å². The molecular weight excluding hydrogens is 444 g/mol. The quantitative estimate of drug-likeness (QED) is 0.443. The molecule has 6 heteroatoms. The fourth-order valence-corrected chi connectivity index (χ4v) is 5.79. The maximum absolute atomic E-state index is 13.4. The van der Waals surface area contributed by atoms with Crippen LogP contribution in [0.4, 0.5) is 0 Å². The normalized spacial score (nSPS) is 18.1. The maximum Gasteiger partial charge on any atom is 0.339 e. The summed E-state index contributed by atoms with van der Waals surface area (Å²) in [5.74, 6) is -0.152. The molecule has 0 aliphatic heterocycles. The van der Waals surface area contributed by atoms with Crippen LogP contribution in [0, 0.1) is 5.92 Å². The van der Waals surface area contributed by atoms with E-state index < -0.39 is 12.1 Å². The monoisotopic (exact) mass is 474 g/mol. The zero-order valence-electron chi connectivity index (χ0n) is 19.5. The fraction of sp³-hybridized carbons (Fsp3) is 0.393. The summed E-state index contributed by atoms with van der Waals surface area (Å²) in [4.78, 5) is 32.2. The summed E-state index contributed by atoms with van der Waals surface area (Å²) >= 11 is 1.68. The van der Waals surface area contributed by atoms with Gasteiger partial charge in [-0.1, -0.05) is 43.5 Å². The van der Waals surface area contributed by atoms with E-state index in [1.165, 1.54) is 24.1 Å². The van der Waals surface area contributed by atoms with E-state index in [1.54, 1.807) is 18.3 Å². The number of fused-ring (bicyclic) bond motifs is 2. The third-order valence-electron chi connectivity index (χ3n) is 6.95. The minimum absolute atomic E-state index is 0.229. The van der Waals surface area contributed by atoms with Crippen molar-refractivity contribution in [2.45, 2.75) is 58.0 Å². The van der Waals surface area contributed by atoms with Crippen molar-refractivity contribution in [1.29, 1.82) is 0 Å². The average molecular weight is 475 g/mol. The van der Waals surface area contributed by atoms with E-state index in [0.717, 1.165) is 53.4 Å². The van der Waals surface area contributed by atoms with Gasteiger partial charge in [-0.25, -0.2) is 9.78 Å². The number of hydrogen-bond donors (Lipinski definition) is 1. The lowest BCUT2D eigenvalue weighted by atomic mass is 9.89. The standard InChI is InChI=1S/C28H30N2O3S/c1-18(27(31)29-17-19-8-3-2-4-9-19)33-28(32)25-22-11-5-6-12-24(22)30-26-20(13-14-23(25)26)16-21-10-7-15-34-21/h5-7,10-12,15-16,18-19H,2-4,8-9,13-14,17H2,1H3,(H,29,31)/b20-16-. The minimum atomic E-state index is -0.846. The number of hydrogen-bond acceptors (Lipinski definition) is 5. The Morgan fingerprint density at radius 3 is 2.76 bits per heavy atom. The number of aromatic nitrogens is 1. The Kier molecular flexibility index (Phi) is 6.77. The number of allylic oxidation sites excluding steroid dienone is 1. The number of nitrogens with one attached hydrogen (secondary N) is 1.